The summed E-state index contributed by atoms with van der Waals surface area (Å²) in [6, 6.07) is 25.3. The average molecular weight is 465 g/mol. The van der Waals surface area contributed by atoms with E-state index in [0.29, 0.717) is 30.8 Å². The molecule has 3 aromatic carbocycles. The highest BCUT2D eigenvalue weighted by molar-refractivity contribution is 7.99. The standard InChI is InChI=1S/C27H29FN2O2S/c1-2-29-27(32)25(17-21-11-5-3-6-12-21)30(18-22-13-7-4-8-14-22)26(31)20-33-19-23-15-9-10-16-24(23)28/h3-16,25H,2,17-20H2,1H3,(H,29,32)/t25-/m1/s1. The quantitative estimate of drug-likeness (QED) is 0.442. The lowest BCUT2D eigenvalue weighted by molar-refractivity contribution is -0.139. The van der Waals surface area contributed by atoms with Gasteiger partial charge in [0.25, 0.3) is 0 Å². The number of rotatable bonds is 11. The number of thioether (sulfide) groups is 1. The minimum atomic E-state index is -0.644. The maximum Gasteiger partial charge on any atom is 0.243 e. The molecule has 172 valence electrons. The number of likely N-dealkylation sites (N-methyl/N-ethyl adjacent to an activating group) is 1. The van der Waals surface area contributed by atoms with Crippen molar-refractivity contribution in [1.82, 2.24) is 10.2 Å². The molecule has 0 saturated carbocycles. The Labute approximate surface area is 199 Å². The first-order valence-corrected chi connectivity index (χ1v) is 12.2. The van der Waals surface area contributed by atoms with Crippen molar-refractivity contribution in [3.63, 3.8) is 0 Å². The van der Waals surface area contributed by atoms with E-state index in [0.717, 1.165) is 11.1 Å². The molecule has 0 unspecified atom stereocenters. The zero-order chi connectivity index (χ0) is 23.5. The monoisotopic (exact) mass is 464 g/mol. The van der Waals surface area contributed by atoms with Crippen molar-refractivity contribution in [2.75, 3.05) is 12.3 Å². The zero-order valence-electron chi connectivity index (χ0n) is 18.7. The largest absolute Gasteiger partial charge is 0.355 e. The van der Waals surface area contributed by atoms with Crippen LogP contribution in [-0.4, -0.2) is 35.1 Å². The molecule has 0 aromatic heterocycles. The molecule has 0 aliphatic heterocycles. The zero-order valence-corrected chi connectivity index (χ0v) is 19.6. The van der Waals surface area contributed by atoms with Gasteiger partial charge in [-0.25, -0.2) is 4.39 Å². The SMILES string of the molecule is CCNC(=O)[C@@H](Cc1ccccc1)N(Cc1ccccc1)C(=O)CSCc1ccccc1F. The molecule has 3 rings (SSSR count). The van der Waals surface area contributed by atoms with Crippen LogP contribution in [0, 0.1) is 5.82 Å². The number of amides is 2. The first-order chi connectivity index (χ1) is 16.1. The minimum absolute atomic E-state index is 0.146. The maximum absolute atomic E-state index is 14.0. The van der Waals surface area contributed by atoms with Gasteiger partial charge in [0, 0.05) is 25.3 Å². The van der Waals surface area contributed by atoms with Crippen LogP contribution in [0.5, 0.6) is 0 Å². The molecular formula is C27H29FN2O2S. The highest BCUT2D eigenvalue weighted by Gasteiger charge is 2.30. The lowest BCUT2D eigenvalue weighted by Gasteiger charge is -2.31. The molecule has 0 fully saturated rings. The van der Waals surface area contributed by atoms with Gasteiger partial charge in [-0.15, -0.1) is 11.8 Å². The molecule has 1 N–H and O–H groups in total. The summed E-state index contributed by atoms with van der Waals surface area (Å²) in [6.07, 6.45) is 0.420. The molecule has 3 aromatic rings. The fraction of sp³-hybridized carbons (Fsp3) is 0.259. The van der Waals surface area contributed by atoms with E-state index in [1.165, 1.54) is 17.8 Å². The fourth-order valence-electron chi connectivity index (χ4n) is 3.57. The Bertz CT molecular complexity index is 1030. The first-order valence-electron chi connectivity index (χ1n) is 11.0. The molecule has 0 bridgehead atoms. The van der Waals surface area contributed by atoms with Gasteiger partial charge in [0.15, 0.2) is 0 Å². The van der Waals surface area contributed by atoms with Crippen LogP contribution in [0.25, 0.3) is 0 Å². The van der Waals surface area contributed by atoms with Gasteiger partial charge in [-0.3, -0.25) is 9.59 Å². The number of nitrogens with zero attached hydrogens (tertiary/aromatic N) is 1. The fourth-order valence-corrected chi connectivity index (χ4v) is 4.47. The second kappa shape index (κ2) is 12.8. The smallest absolute Gasteiger partial charge is 0.243 e. The Morgan fingerprint density at radius 2 is 1.52 bits per heavy atom. The summed E-state index contributed by atoms with van der Waals surface area (Å²) in [7, 11) is 0. The molecule has 0 heterocycles. The third-order valence-electron chi connectivity index (χ3n) is 5.26. The molecule has 0 radical (unpaired) electrons. The Morgan fingerprint density at radius 1 is 0.909 bits per heavy atom. The van der Waals surface area contributed by atoms with Crippen molar-refractivity contribution in [1.29, 1.82) is 0 Å². The van der Waals surface area contributed by atoms with Crippen LogP contribution in [0.3, 0.4) is 0 Å². The lowest BCUT2D eigenvalue weighted by Crippen LogP contribution is -2.51. The summed E-state index contributed by atoms with van der Waals surface area (Å²) in [5.74, 6) is -0.0477. The van der Waals surface area contributed by atoms with E-state index in [1.54, 1.807) is 23.1 Å². The van der Waals surface area contributed by atoms with Gasteiger partial charge >= 0.3 is 0 Å². The molecule has 0 spiro atoms. The van der Waals surface area contributed by atoms with Crippen molar-refractivity contribution in [3.8, 4) is 0 Å². The van der Waals surface area contributed by atoms with E-state index in [-0.39, 0.29) is 23.4 Å². The van der Waals surface area contributed by atoms with Crippen LogP contribution in [0.4, 0.5) is 4.39 Å². The predicted octanol–water partition coefficient (Wildman–Crippen LogP) is 4.84. The van der Waals surface area contributed by atoms with Gasteiger partial charge in [0.1, 0.15) is 11.9 Å². The molecule has 2 amide bonds. The van der Waals surface area contributed by atoms with E-state index in [1.807, 2.05) is 67.6 Å². The van der Waals surface area contributed by atoms with Crippen LogP contribution in [0.2, 0.25) is 0 Å². The highest BCUT2D eigenvalue weighted by atomic mass is 32.2. The third-order valence-corrected chi connectivity index (χ3v) is 6.22. The van der Waals surface area contributed by atoms with Crippen molar-refractivity contribution in [3.05, 3.63) is 107 Å². The molecule has 6 heteroatoms. The van der Waals surface area contributed by atoms with E-state index in [2.05, 4.69) is 5.32 Å². The van der Waals surface area contributed by atoms with Crippen molar-refractivity contribution < 1.29 is 14.0 Å². The molecule has 4 nitrogen and oxygen atoms in total. The maximum atomic E-state index is 14.0. The Hall–Kier alpha value is -3.12. The van der Waals surface area contributed by atoms with Gasteiger partial charge < -0.3 is 10.2 Å². The average Bonchev–Trinajstić information content (AvgIpc) is 2.84. The second-order valence-corrected chi connectivity index (χ2v) is 8.68. The normalized spacial score (nSPS) is 11.6. The third kappa shape index (κ3) is 7.46. The van der Waals surface area contributed by atoms with E-state index < -0.39 is 6.04 Å². The summed E-state index contributed by atoms with van der Waals surface area (Å²) >= 11 is 1.35. The van der Waals surface area contributed by atoms with E-state index in [9.17, 15) is 14.0 Å². The van der Waals surface area contributed by atoms with Gasteiger partial charge in [-0.1, -0.05) is 78.9 Å². The van der Waals surface area contributed by atoms with E-state index >= 15 is 0 Å². The number of benzene rings is 3. The molecular weight excluding hydrogens is 435 g/mol. The number of hydrogen-bond donors (Lipinski definition) is 1. The number of hydrogen-bond acceptors (Lipinski definition) is 3. The molecule has 1 atom stereocenters. The number of carbonyl (C=O) groups excluding carboxylic acids is 2. The van der Waals surface area contributed by atoms with Crippen molar-refractivity contribution in [2.24, 2.45) is 0 Å². The molecule has 0 aliphatic rings. The topological polar surface area (TPSA) is 49.4 Å². The van der Waals surface area contributed by atoms with Gasteiger partial charge in [0.05, 0.1) is 5.75 Å². The summed E-state index contributed by atoms with van der Waals surface area (Å²) in [4.78, 5) is 28.1. The Balaban J connectivity index is 1.81. The summed E-state index contributed by atoms with van der Waals surface area (Å²) in [6.45, 7) is 2.68. The van der Waals surface area contributed by atoms with Crippen LogP contribution in [-0.2, 0) is 28.3 Å². The van der Waals surface area contributed by atoms with Crippen LogP contribution in [0.15, 0.2) is 84.9 Å². The highest BCUT2D eigenvalue weighted by Crippen LogP contribution is 2.19. The summed E-state index contributed by atoms with van der Waals surface area (Å²) in [5, 5.41) is 2.89. The van der Waals surface area contributed by atoms with Gasteiger partial charge in [-0.05, 0) is 29.7 Å². The Morgan fingerprint density at radius 3 is 2.15 bits per heavy atom. The lowest BCUT2D eigenvalue weighted by atomic mass is 10.0. The molecule has 33 heavy (non-hydrogen) atoms. The van der Waals surface area contributed by atoms with Crippen molar-refractivity contribution >= 4 is 23.6 Å². The Kier molecular flexibility index (Phi) is 9.51. The number of nitrogens with one attached hydrogen (secondary N) is 1. The van der Waals surface area contributed by atoms with Crippen LogP contribution >= 0.6 is 11.8 Å². The van der Waals surface area contributed by atoms with Gasteiger partial charge in [-0.2, -0.15) is 0 Å². The molecule has 0 aliphatic carbocycles. The molecule has 0 saturated heterocycles. The van der Waals surface area contributed by atoms with Gasteiger partial charge in [0.2, 0.25) is 11.8 Å². The second-order valence-electron chi connectivity index (χ2n) is 7.69. The van der Waals surface area contributed by atoms with E-state index in [4.69, 9.17) is 0 Å². The number of carbonyl (C=O) groups is 2. The van der Waals surface area contributed by atoms with Crippen LogP contribution in [0.1, 0.15) is 23.6 Å². The summed E-state index contributed by atoms with van der Waals surface area (Å²) in [5.41, 5.74) is 2.50. The number of halogens is 1. The van der Waals surface area contributed by atoms with Crippen LogP contribution < -0.4 is 5.32 Å². The van der Waals surface area contributed by atoms with Crippen molar-refractivity contribution in [2.45, 2.75) is 31.7 Å². The first kappa shape index (κ1) is 24.5. The summed E-state index contributed by atoms with van der Waals surface area (Å²) < 4.78 is 14.0. The predicted molar refractivity (Wildman–Crippen MR) is 132 cm³/mol. The minimum Gasteiger partial charge on any atom is -0.355 e.